The van der Waals surface area contributed by atoms with E-state index < -0.39 is 18.4 Å². The van der Waals surface area contributed by atoms with Gasteiger partial charge in [0.25, 0.3) is 0 Å². The van der Waals surface area contributed by atoms with Gasteiger partial charge >= 0.3 is 0 Å². The smallest absolute Gasteiger partial charge is 0.189 e. The molecular formula is C25H29FO4S. The summed E-state index contributed by atoms with van der Waals surface area (Å²) in [5, 5.41) is 17.0. The Morgan fingerprint density at radius 1 is 1.23 bits per heavy atom. The minimum Gasteiger partial charge on any atom is -0.400 e. The normalized spacial score (nSPS) is 25.6. The van der Waals surface area contributed by atoms with Crippen molar-refractivity contribution in [3.63, 3.8) is 0 Å². The highest BCUT2D eigenvalue weighted by Crippen LogP contribution is 2.33. The first-order valence-electron chi connectivity index (χ1n) is 10.4. The Bertz CT molecular complexity index is 964. The largest absolute Gasteiger partial charge is 0.400 e. The van der Waals surface area contributed by atoms with Crippen LogP contribution in [-0.4, -0.2) is 41.5 Å². The second-order valence-electron chi connectivity index (χ2n) is 7.82. The number of carbonyl (C=O) groups excluding carboxylic acids is 1. The van der Waals surface area contributed by atoms with Gasteiger partial charge in [-0.1, -0.05) is 30.4 Å². The number of hydrogen-bond acceptors (Lipinski definition) is 5. The van der Waals surface area contributed by atoms with E-state index in [1.807, 2.05) is 18.2 Å². The molecule has 1 saturated heterocycles. The average Bonchev–Trinajstić information content (AvgIpc) is 3.23. The number of aliphatic hydroxyl groups excluding tert-OH is 2. The topological polar surface area (TPSA) is 66.8 Å². The van der Waals surface area contributed by atoms with E-state index in [-0.39, 0.29) is 11.9 Å². The first-order chi connectivity index (χ1) is 14.9. The van der Waals surface area contributed by atoms with Crippen molar-refractivity contribution in [1.82, 2.24) is 0 Å². The zero-order valence-electron chi connectivity index (χ0n) is 18.0. The van der Waals surface area contributed by atoms with Crippen molar-refractivity contribution in [3.8, 4) is 0 Å². The molecule has 4 unspecified atom stereocenters. The van der Waals surface area contributed by atoms with Crippen LogP contribution in [0.2, 0.25) is 0 Å². The maximum absolute atomic E-state index is 13.3. The number of aliphatic hydroxyl groups is 2. The van der Waals surface area contributed by atoms with Crippen LogP contribution in [0.25, 0.3) is 5.57 Å². The fraction of sp³-hybridized carbons (Fsp3) is 0.400. The number of alkyl halides is 1. The van der Waals surface area contributed by atoms with Gasteiger partial charge in [-0.3, -0.25) is 4.79 Å². The minimum absolute atomic E-state index is 0.246. The quantitative estimate of drug-likeness (QED) is 0.716. The SMILES string of the molecule is CO.Cc1ccc(C2CC(O)C(=O)C(C)O2)cc1Cc1ccc(C2=CCC(F)C=C2)s1. The van der Waals surface area contributed by atoms with Crippen LogP contribution in [0.3, 0.4) is 0 Å². The van der Waals surface area contributed by atoms with Crippen molar-refractivity contribution in [1.29, 1.82) is 0 Å². The second kappa shape index (κ2) is 10.5. The van der Waals surface area contributed by atoms with E-state index >= 15 is 0 Å². The second-order valence-corrected chi connectivity index (χ2v) is 8.99. The van der Waals surface area contributed by atoms with E-state index in [4.69, 9.17) is 9.84 Å². The molecule has 2 heterocycles. The Hall–Kier alpha value is -2.12. The summed E-state index contributed by atoms with van der Waals surface area (Å²) in [4.78, 5) is 14.2. The molecule has 1 aliphatic heterocycles. The molecule has 166 valence electrons. The third kappa shape index (κ3) is 5.57. The number of hydrogen-bond donors (Lipinski definition) is 2. The number of allylic oxidation sites excluding steroid dienone is 4. The Kier molecular flexibility index (Phi) is 7.94. The molecule has 4 nitrogen and oxygen atoms in total. The van der Waals surface area contributed by atoms with E-state index in [2.05, 4.69) is 31.2 Å². The lowest BCUT2D eigenvalue weighted by molar-refractivity contribution is -0.155. The number of Topliss-reactive ketones (excluding diaryl/α,β-unsaturated/α-hetero) is 1. The van der Waals surface area contributed by atoms with Crippen molar-refractivity contribution in [2.24, 2.45) is 0 Å². The summed E-state index contributed by atoms with van der Waals surface area (Å²) >= 11 is 1.73. The van der Waals surface area contributed by atoms with Crippen LogP contribution in [0.15, 0.2) is 48.6 Å². The number of halogens is 1. The highest BCUT2D eigenvalue weighted by atomic mass is 32.1. The Balaban J connectivity index is 0.00000132. The Morgan fingerprint density at radius 2 is 2.00 bits per heavy atom. The summed E-state index contributed by atoms with van der Waals surface area (Å²) in [5.74, 6) is -0.246. The van der Waals surface area contributed by atoms with Crippen LogP contribution in [0, 0.1) is 6.92 Å². The van der Waals surface area contributed by atoms with Crippen LogP contribution in [-0.2, 0) is 16.0 Å². The summed E-state index contributed by atoms with van der Waals surface area (Å²) in [6.07, 6.45) is 4.28. The molecule has 4 atom stereocenters. The van der Waals surface area contributed by atoms with Crippen LogP contribution >= 0.6 is 11.3 Å². The van der Waals surface area contributed by atoms with Gasteiger partial charge in [-0.05, 0) is 54.3 Å². The summed E-state index contributed by atoms with van der Waals surface area (Å²) in [6, 6.07) is 10.4. The van der Waals surface area contributed by atoms with E-state index in [0.717, 1.165) is 29.5 Å². The molecule has 2 aliphatic rings. The first kappa shape index (κ1) is 23.5. The van der Waals surface area contributed by atoms with Gasteiger partial charge in [-0.2, -0.15) is 0 Å². The van der Waals surface area contributed by atoms with Crippen molar-refractivity contribution in [3.05, 3.63) is 75.0 Å². The van der Waals surface area contributed by atoms with Gasteiger partial charge in [0, 0.05) is 36.1 Å². The molecule has 0 bridgehead atoms. The molecule has 0 spiro atoms. The van der Waals surface area contributed by atoms with Gasteiger partial charge in [0.05, 0.1) is 6.10 Å². The Labute approximate surface area is 186 Å². The first-order valence-corrected chi connectivity index (χ1v) is 11.3. The number of benzene rings is 1. The maximum atomic E-state index is 13.3. The lowest BCUT2D eigenvalue weighted by Crippen LogP contribution is -2.39. The molecule has 4 rings (SSSR count). The lowest BCUT2D eigenvalue weighted by Gasteiger charge is -2.30. The molecule has 1 aliphatic carbocycles. The predicted molar refractivity (Wildman–Crippen MR) is 122 cm³/mol. The summed E-state index contributed by atoms with van der Waals surface area (Å²) in [5.41, 5.74) is 4.48. The van der Waals surface area contributed by atoms with Crippen LogP contribution < -0.4 is 0 Å². The summed E-state index contributed by atoms with van der Waals surface area (Å²) < 4.78 is 19.1. The van der Waals surface area contributed by atoms with E-state index in [0.29, 0.717) is 12.8 Å². The highest BCUT2D eigenvalue weighted by Gasteiger charge is 2.34. The lowest BCUT2D eigenvalue weighted by atomic mass is 9.93. The van der Waals surface area contributed by atoms with Gasteiger partial charge < -0.3 is 14.9 Å². The van der Waals surface area contributed by atoms with Crippen molar-refractivity contribution in [2.75, 3.05) is 7.11 Å². The molecular weight excluding hydrogens is 415 g/mol. The molecule has 0 radical (unpaired) electrons. The molecule has 2 N–H and O–H groups in total. The standard InChI is InChI=1S/C24H25FO3S.CH4O/c1-14-3-4-17(22-13-21(26)24(27)15(2)28-22)11-18(14)12-20-9-10-23(29-20)16-5-7-19(25)8-6-16;1-2/h3-7,9-11,15,19,21-22,26H,8,12-13H2,1-2H3;2H,1H3. The molecule has 1 aromatic heterocycles. The fourth-order valence-electron chi connectivity index (χ4n) is 3.85. The van der Waals surface area contributed by atoms with Crippen LogP contribution in [0.1, 0.15) is 52.3 Å². The monoisotopic (exact) mass is 444 g/mol. The molecule has 2 aromatic rings. The zero-order valence-corrected chi connectivity index (χ0v) is 18.9. The number of ketones is 1. The fourth-order valence-corrected chi connectivity index (χ4v) is 4.90. The highest BCUT2D eigenvalue weighted by molar-refractivity contribution is 7.13. The van der Waals surface area contributed by atoms with Gasteiger partial charge in [-0.15, -0.1) is 11.3 Å². The third-order valence-corrected chi connectivity index (χ3v) is 6.77. The van der Waals surface area contributed by atoms with Crippen molar-refractivity contribution >= 4 is 22.7 Å². The van der Waals surface area contributed by atoms with Crippen molar-refractivity contribution in [2.45, 2.75) is 57.6 Å². The zero-order chi connectivity index (χ0) is 22.5. The minimum atomic E-state index is -0.964. The molecule has 1 aromatic carbocycles. The summed E-state index contributed by atoms with van der Waals surface area (Å²) in [7, 11) is 1.00. The van der Waals surface area contributed by atoms with E-state index in [1.165, 1.54) is 16.0 Å². The van der Waals surface area contributed by atoms with Gasteiger partial charge in [0.1, 0.15) is 18.4 Å². The number of carbonyl (C=O) groups is 1. The number of aryl methyl sites for hydroxylation is 1. The molecule has 0 saturated carbocycles. The molecule has 31 heavy (non-hydrogen) atoms. The number of rotatable bonds is 4. The third-order valence-electron chi connectivity index (χ3n) is 5.64. The Morgan fingerprint density at radius 3 is 2.68 bits per heavy atom. The molecule has 6 heteroatoms. The maximum Gasteiger partial charge on any atom is 0.189 e. The summed E-state index contributed by atoms with van der Waals surface area (Å²) in [6.45, 7) is 3.78. The predicted octanol–water partition coefficient (Wildman–Crippen LogP) is 4.72. The van der Waals surface area contributed by atoms with E-state index in [9.17, 15) is 14.3 Å². The average molecular weight is 445 g/mol. The number of thiophene rings is 1. The van der Waals surface area contributed by atoms with Gasteiger partial charge in [0.2, 0.25) is 0 Å². The van der Waals surface area contributed by atoms with Gasteiger partial charge in [-0.25, -0.2) is 4.39 Å². The number of ether oxygens (including phenoxy) is 1. The molecule has 0 amide bonds. The molecule has 1 fully saturated rings. The van der Waals surface area contributed by atoms with Crippen LogP contribution in [0.4, 0.5) is 4.39 Å². The van der Waals surface area contributed by atoms with Crippen molar-refractivity contribution < 1.29 is 24.1 Å². The van der Waals surface area contributed by atoms with Crippen LogP contribution in [0.5, 0.6) is 0 Å². The van der Waals surface area contributed by atoms with E-state index in [1.54, 1.807) is 24.3 Å². The van der Waals surface area contributed by atoms with Gasteiger partial charge in [0.15, 0.2) is 5.78 Å².